The Morgan fingerprint density at radius 2 is 0.920 bits per heavy atom. The highest BCUT2D eigenvalue weighted by Crippen LogP contribution is 2.52. The molecule has 6 rings (SSSR count). The molecule has 0 N–H and O–H groups in total. The minimum atomic E-state index is -4.35. The van der Waals surface area contributed by atoms with Crippen molar-refractivity contribution in [2.75, 3.05) is 5.75 Å². The first-order valence-electron chi connectivity index (χ1n) is 18.7. The lowest BCUT2D eigenvalue weighted by Crippen LogP contribution is -2.37. The van der Waals surface area contributed by atoms with Gasteiger partial charge in [0.1, 0.15) is 28.2 Å². The van der Waals surface area contributed by atoms with Crippen LogP contribution in [0.5, 0.6) is 23.0 Å². The van der Waals surface area contributed by atoms with Gasteiger partial charge in [-0.15, -0.1) is 0 Å². The van der Waals surface area contributed by atoms with Crippen LogP contribution < -0.4 is 18.6 Å². The highest BCUT2D eigenvalue weighted by Gasteiger charge is 2.33. The van der Waals surface area contributed by atoms with Crippen LogP contribution in [0.25, 0.3) is 11.1 Å². The van der Waals surface area contributed by atoms with Crippen LogP contribution in [0.2, 0.25) is 0 Å². The molecule has 8 heteroatoms. The number of pyridine rings is 2. The third-order valence-electron chi connectivity index (χ3n) is 9.87. The van der Waals surface area contributed by atoms with Gasteiger partial charge >= 0.3 is 0 Å². The largest absolute Gasteiger partial charge is 0.748 e. The molecular weight excluding hydrogens is 645 g/mol. The summed E-state index contributed by atoms with van der Waals surface area (Å²) < 4.78 is 50.8. The number of hydrogen-bond acceptors (Lipinski definition) is 5. The number of unbranched alkanes of at least 4 members (excludes halogenated alkanes) is 13. The van der Waals surface area contributed by atoms with Crippen LogP contribution in [-0.2, 0) is 23.2 Å². The zero-order valence-corrected chi connectivity index (χ0v) is 30.3. The van der Waals surface area contributed by atoms with Gasteiger partial charge in [0.25, 0.3) is 0 Å². The van der Waals surface area contributed by atoms with E-state index in [4.69, 9.17) is 9.47 Å². The Kier molecular flexibility index (Phi) is 12.4. The van der Waals surface area contributed by atoms with Gasteiger partial charge in [0, 0.05) is 52.0 Å². The van der Waals surface area contributed by atoms with Gasteiger partial charge in [0.2, 0.25) is 12.4 Å². The molecule has 0 fully saturated rings. The fourth-order valence-corrected chi connectivity index (χ4v) is 7.62. The van der Waals surface area contributed by atoms with Crippen LogP contribution in [0, 0.1) is 0 Å². The average Bonchev–Trinajstić information content (AvgIpc) is 3.12. The summed E-state index contributed by atoms with van der Waals surface area (Å²) in [6.07, 6.45) is 26.7. The lowest BCUT2D eigenvalue weighted by molar-refractivity contribution is -0.697. The molecule has 7 nitrogen and oxygen atoms in total. The fraction of sp³-hybridized carbons (Fsp3) is 0.429. The Balaban J connectivity index is 1.16. The summed E-state index contributed by atoms with van der Waals surface area (Å²) >= 11 is 0. The van der Waals surface area contributed by atoms with E-state index in [1.165, 1.54) is 83.5 Å². The zero-order chi connectivity index (χ0) is 34.8. The third-order valence-corrected chi connectivity index (χ3v) is 10.6. The molecule has 264 valence electrons. The van der Waals surface area contributed by atoms with E-state index in [1.54, 1.807) is 10.8 Å². The molecule has 0 spiro atoms. The summed E-state index contributed by atoms with van der Waals surface area (Å²) in [4.78, 5) is 0. The Hall–Kier alpha value is -4.01. The summed E-state index contributed by atoms with van der Waals surface area (Å²) in [7, 11) is -4.35. The third kappa shape index (κ3) is 9.20. The summed E-state index contributed by atoms with van der Waals surface area (Å²) in [6, 6.07) is 20.2. The molecule has 2 aliphatic rings. The van der Waals surface area contributed by atoms with Crippen molar-refractivity contribution in [3.05, 3.63) is 108 Å². The van der Waals surface area contributed by atoms with Gasteiger partial charge < -0.3 is 14.0 Å². The van der Waals surface area contributed by atoms with E-state index in [-0.39, 0.29) is 6.54 Å². The maximum atomic E-state index is 11.3. The molecule has 0 bridgehead atoms. The lowest BCUT2D eigenvalue weighted by Gasteiger charge is -2.28. The lowest BCUT2D eigenvalue weighted by atomic mass is 9.83. The Morgan fingerprint density at radius 3 is 1.38 bits per heavy atom. The van der Waals surface area contributed by atoms with Gasteiger partial charge in [-0.05, 0) is 18.6 Å². The average molecular weight is 696 g/mol. The quantitative estimate of drug-likeness (QED) is 0.0508. The molecule has 0 saturated carbocycles. The topological polar surface area (TPSA) is 83.4 Å². The number of rotatable bonds is 18. The van der Waals surface area contributed by atoms with Gasteiger partial charge in [0.15, 0.2) is 30.4 Å². The SMILES string of the molecule is CCCCCCCCCCCCCCCC[n+]1ccc2c(c1)Oc1ccccc1/C2=C1\c2ccccc2Oc2c[n+](CCS(=O)(=O)[O-])ccc21. The van der Waals surface area contributed by atoms with Crippen LogP contribution in [0.15, 0.2) is 85.5 Å². The molecule has 0 radical (unpaired) electrons. The van der Waals surface area contributed by atoms with Crippen molar-refractivity contribution in [3.8, 4) is 23.0 Å². The van der Waals surface area contributed by atoms with E-state index >= 15 is 0 Å². The smallest absolute Gasteiger partial charge is 0.212 e. The van der Waals surface area contributed by atoms with Gasteiger partial charge in [-0.1, -0.05) is 120 Å². The molecule has 0 unspecified atom stereocenters. The van der Waals surface area contributed by atoms with Crippen molar-refractivity contribution < 1.29 is 31.6 Å². The molecule has 2 aromatic carbocycles. The predicted molar refractivity (Wildman–Crippen MR) is 196 cm³/mol. The van der Waals surface area contributed by atoms with E-state index in [0.717, 1.165) is 57.9 Å². The van der Waals surface area contributed by atoms with Crippen LogP contribution in [0.1, 0.15) is 119 Å². The summed E-state index contributed by atoms with van der Waals surface area (Å²) in [6.45, 7) is 3.27. The zero-order valence-electron chi connectivity index (χ0n) is 29.4. The van der Waals surface area contributed by atoms with E-state index in [0.29, 0.717) is 11.5 Å². The molecule has 0 saturated heterocycles. The van der Waals surface area contributed by atoms with Crippen LogP contribution in [0.3, 0.4) is 0 Å². The highest BCUT2D eigenvalue weighted by atomic mass is 32.2. The molecule has 2 aromatic heterocycles. The first-order chi connectivity index (χ1) is 24.4. The van der Waals surface area contributed by atoms with Crippen LogP contribution in [-0.4, -0.2) is 18.7 Å². The van der Waals surface area contributed by atoms with Crippen molar-refractivity contribution >= 4 is 21.3 Å². The van der Waals surface area contributed by atoms with Crippen LogP contribution >= 0.6 is 0 Å². The second-order valence-electron chi connectivity index (χ2n) is 13.7. The van der Waals surface area contributed by atoms with Crippen LogP contribution in [0.4, 0.5) is 0 Å². The fourth-order valence-electron chi connectivity index (χ4n) is 7.18. The number of aryl methyl sites for hydroxylation is 2. The van der Waals surface area contributed by atoms with Crippen molar-refractivity contribution in [1.29, 1.82) is 0 Å². The van der Waals surface area contributed by atoms with E-state index < -0.39 is 15.9 Å². The van der Waals surface area contributed by atoms with E-state index in [2.05, 4.69) is 42.1 Å². The molecule has 4 heterocycles. The second-order valence-corrected chi connectivity index (χ2v) is 15.2. The number of aromatic nitrogens is 2. The predicted octanol–water partition coefficient (Wildman–Crippen LogP) is 9.51. The first-order valence-corrected chi connectivity index (χ1v) is 20.3. The summed E-state index contributed by atoms with van der Waals surface area (Å²) in [5, 5.41) is 0. The van der Waals surface area contributed by atoms with Crippen molar-refractivity contribution in [2.24, 2.45) is 0 Å². The van der Waals surface area contributed by atoms with Crippen molar-refractivity contribution in [2.45, 2.75) is 110 Å². The van der Waals surface area contributed by atoms with Gasteiger partial charge in [0.05, 0.1) is 5.75 Å². The molecule has 0 amide bonds. The number of benzene rings is 2. The minimum Gasteiger partial charge on any atom is -0.748 e. The number of para-hydroxylation sites is 2. The molecule has 0 aliphatic carbocycles. The molecule has 4 aromatic rings. The first kappa shape index (κ1) is 35.8. The van der Waals surface area contributed by atoms with Gasteiger partial charge in [-0.2, -0.15) is 0 Å². The normalized spacial score (nSPS) is 14.6. The van der Waals surface area contributed by atoms with Crippen molar-refractivity contribution in [3.63, 3.8) is 0 Å². The van der Waals surface area contributed by atoms with Crippen molar-refractivity contribution in [1.82, 2.24) is 0 Å². The Bertz CT molecular complexity index is 1900. The highest BCUT2D eigenvalue weighted by molar-refractivity contribution is 7.85. The maximum absolute atomic E-state index is 11.3. The summed E-state index contributed by atoms with van der Waals surface area (Å²) in [5.41, 5.74) is 5.94. The Labute approximate surface area is 298 Å². The number of ether oxygens (including phenoxy) is 2. The maximum Gasteiger partial charge on any atom is 0.212 e. The Morgan fingerprint density at radius 1 is 0.520 bits per heavy atom. The number of fused-ring (bicyclic) bond motifs is 4. The summed E-state index contributed by atoms with van der Waals surface area (Å²) in [5.74, 6) is 2.45. The monoisotopic (exact) mass is 695 g/mol. The molecule has 0 atom stereocenters. The van der Waals surface area contributed by atoms with E-state index in [1.807, 2.05) is 48.7 Å². The molecule has 50 heavy (non-hydrogen) atoms. The van der Waals surface area contributed by atoms with Gasteiger partial charge in [-0.25, -0.2) is 17.6 Å². The molecule has 2 aliphatic heterocycles. The number of nitrogens with zero attached hydrogens (tertiary/aromatic N) is 2. The standard InChI is InChI=1S/C42H51N2O5S/c1-2-3-4-5-6-7-8-9-10-11-12-13-14-19-26-43-27-24-35-39(31-43)48-37-22-17-15-20-33(37)41(35)42-34-21-16-18-23-38(34)49-40-32-44(28-25-36(40)42)29-30-50(45,46)47/h15-18,20-25,27-28,31-32H,2-14,19,26,29-30H2,1H3/q+1/b42-41-. The number of hydrogen-bond donors (Lipinski definition) is 0. The van der Waals surface area contributed by atoms with E-state index in [9.17, 15) is 13.0 Å². The second kappa shape index (κ2) is 17.3. The van der Waals surface area contributed by atoms with Gasteiger partial charge in [-0.3, -0.25) is 0 Å². The molecular formula is C42H51N2O5S+. The minimum absolute atomic E-state index is 0.0504.